The smallest absolute Gasteiger partial charge is 0.251 e. The molecule has 8 heteroatoms. The van der Waals surface area contributed by atoms with Gasteiger partial charge in [0.25, 0.3) is 5.91 Å². The zero-order valence-electron chi connectivity index (χ0n) is 27.7. The van der Waals surface area contributed by atoms with Crippen molar-refractivity contribution in [1.82, 2.24) is 4.98 Å². The number of benzene rings is 3. The molecule has 0 spiro atoms. The number of unbranched alkanes of at least 4 members (excludes halogenated alkanes) is 1. The summed E-state index contributed by atoms with van der Waals surface area (Å²) in [6.45, 7) is 7.95. The van der Waals surface area contributed by atoms with Gasteiger partial charge in [0.15, 0.2) is 0 Å². The summed E-state index contributed by atoms with van der Waals surface area (Å²) in [5, 5.41) is 3.13. The minimum atomic E-state index is -0.0994. The van der Waals surface area contributed by atoms with Crippen molar-refractivity contribution in [2.24, 2.45) is 0 Å². The Morgan fingerprint density at radius 3 is 2.57 bits per heavy atom. The van der Waals surface area contributed by atoms with Gasteiger partial charge in [0, 0.05) is 65.8 Å². The maximum Gasteiger partial charge on any atom is 0.251 e. The third-order valence-electron chi connectivity index (χ3n) is 8.00. The van der Waals surface area contributed by atoms with Gasteiger partial charge in [-0.15, -0.1) is 11.8 Å². The zero-order valence-corrected chi connectivity index (χ0v) is 28.5. The lowest BCUT2D eigenvalue weighted by Crippen LogP contribution is -2.26. The first-order chi connectivity index (χ1) is 23.1. The number of carbonyl (C=O) groups is 1. The fraction of sp³-hybridized carbons (Fsp3) is 0.333. The van der Waals surface area contributed by atoms with Gasteiger partial charge < -0.3 is 24.4 Å². The fourth-order valence-electron chi connectivity index (χ4n) is 5.49. The second kappa shape index (κ2) is 17.6. The number of pyridine rings is 1. The zero-order chi connectivity index (χ0) is 32.8. The number of fused-ring (bicyclic) bond motifs is 1. The Bertz CT molecular complexity index is 1630. The number of thioether (sulfide) groups is 1. The van der Waals surface area contributed by atoms with Crippen LogP contribution in [-0.2, 0) is 15.3 Å². The molecule has 1 aromatic heterocycles. The van der Waals surface area contributed by atoms with Gasteiger partial charge in [-0.1, -0.05) is 44.5 Å². The molecule has 47 heavy (non-hydrogen) atoms. The highest BCUT2D eigenvalue weighted by Crippen LogP contribution is 2.35. The Morgan fingerprint density at radius 1 is 0.957 bits per heavy atom. The van der Waals surface area contributed by atoms with E-state index in [1.54, 1.807) is 25.1 Å². The van der Waals surface area contributed by atoms with Crippen LogP contribution in [0, 0.1) is 0 Å². The molecular formula is C39H45N3O4S. The fourth-order valence-corrected chi connectivity index (χ4v) is 6.43. The van der Waals surface area contributed by atoms with Crippen molar-refractivity contribution in [2.45, 2.75) is 50.2 Å². The van der Waals surface area contributed by atoms with Gasteiger partial charge in [-0.2, -0.15) is 0 Å². The molecule has 5 rings (SSSR count). The second-order valence-electron chi connectivity index (χ2n) is 11.5. The van der Waals surface area contributed by atoms with Crippen molar-refractivity contribution < 1.29 is 19.0 Å². The van der Waals surface area contributed by atoms with Gasteiger partial charge in [-0.05, 0) is 90.1 Å². The van der Waals surface area contributed by atoms with E-state index in [4.69, 9.17) is 14.2 Å². The van der Waals surface area contributed by atoms with E-state index in [2.05, 4.69) is 71.5 Å². The van der Waals surface area contributed by atoms with E-state index in [9.17, 15) is 4.79 Å². The summed E-state index contributed by atoms with van der Waals surface area (Å²) in [7, 11) is 1.66. The first kappa shape index (κ1) is 34.1. The predicted molar refractivity (Wildman–Crippen MR) is 194 cm³/mol. The first-order valence-electron chi connectivity index (χ1n) is 16.5. The molecule has 1 N–H and O–H groups in total. The van der Waals surface area contributed by atoms with E-state index >= 15 is 0 Å². The summed E-state index contributed by atoms with van der Waals surface area (Å²) < 4.78 is 17.2. The lowest BCUT2D eigenvalue weighted by Gasteiger charge is -2.25. The molecule has 0 atom stereocenters. The van der Waals surface area contributed by atoms with Crippen LogP contribution < -0.4 is 19.7 Å². The van der Waals surface area contributed by atoms with Crippen LogP contribution in [0.3, 0.4) is 0 Å². The van der Waals surface area contributed by atoms with Crippen LogP contribution in [0.25, 0.3) is 17.2 Å². The molecule has 0 bridgehead atoms. The standard InChI is InChI=1S/C39H45N3O4S/c1-4-6-21-45-22-23-46-35-13-9-30(10-14-35)31-11-15-36-33(24-31)25-32(17-20-42(36)19-5-2)39(43)41-34-12-16-38(37(26-34)44-3)47-28-29-8-7-18-40-27-29/h7-16,18,24-27H,4-6,17,19-23,28H2,1-3H3,(H,41,43). The van der Waals surface area contributed by atoms with E-state index in [0.717, 1.165) is 94.6 Å². The summed E-state index contributed by atoms with van der Waals surface area (Å²) in [5.74, 6) is 2.24. The van der Waals surface area contributed by atoms with Gasteiger partial charge in [0.1, 0.15) is 18.1 Å². The van der Waals surface area contributed by atoms with Crippen molar-refractivity contribution in [3.05, 3.63) is 102 Å². The average Bonchev–Trinajstić information content (AvgIpc) is 3.29. The number of nitrogens with zero attached hydrogens (tertiary/aromatic N) is 2. The molecule has 7 nitrogen and oxygen atoms in total. The predicted octanol–water partition coefficient (Wildman–Crippen LogP) is 8.89. The molecule has 0 aliphatic carbocycles. The van der Waals surface area contributed by atoms with E-state index in [1.807, 2.05) is 42.6 Å². The number of carbonyl (C=O) groups excluding carboxylic acids is 1. The number of methoxy groups -OCH3 is 1. The Labute approximate surface area is 283 Å². The highest BCUT2D eigenvalue weighted by Gasteiger charge is 2.20. The van der Waals surface area contributed by atoms with E-state index < -0.39 is 0 Å². The molecule has 1 amide bonds. The molecular weight excluding hydrogens is 607 g/mol. The highest BCUT2D eigenvalue weighted by molar-refractivity contribution is 7.98. The van der Waals surface area contributed by atoms with Crippen molar-refractivity contribution in [3.8, 4) is 22.6 Å². The number of anilines is 2. The van der Waals surface area contributed by atoms with E-state index in [0.29, 0.717) is 25.3 Å². The number of aromatic nitrogens is 1. The Balaban J connectivity index is 1.29. The Hall–Kier alpha value is -4.27. The van der Waals surface area contributed by atoms with Crippen molar-refractivity contribution in [1.29, 1.82) is 0 Å². The van der Waals surface area contributed by atoms with Crippen LogP contribution in [0.2, 0.25) is 0 Å². The largest absolute Gasteiger partial charge is 0.496 e. The molecule has 246 valence electrons. The van der Waals surface area contributed by atoms with Crippen LogP contribution >= 0.6 is 11.8 Å². The maximum absolute atomic E-state index is 13.7. The quantitative estimate of drug-likeness (QED) is 0.0958. The summed E-state index contributed by atoms with van der Waals surface area (Å²) in [6, 6.07) is 24.5. The molecule has 0 fully saturated rings. The van der Waals surface area contributed by atoms with Gasteiger partial charge in [-0.25, -0.2) is 0 Å². The Morgan fingerprint density at radius 2 is 1.81 bits per heavy atom. The number of hydrogen-bond acceptors (Lipinski definition) is 7. The maximum atomic E-state index is 13.7. The summed E-state index contributed by atoms with van der Waals surface area (Å²) in [4.78, 5) is 21.3. The van der Waals surface area contributed by atoms with Crippen LogP contribution in [0.15, 0.2) is 95.7 Å². The molecule has 0 saturated heterocycles. The highest BCUT2D eigenvalue weighted by atomic mass is 32.2. The van der Waals surface area contributed by atoms with Gasteiger partial charge in [-0.3, -0.25) is 9.78 Å². The lowest BCUT2D eigenvalue weighted by atomic mass is 10.00. The summed E-state index contributed by atoms with van der Waals surface area (Å²) in [6.07, 6.45) is 9.58. The molecule has 0 saturated carbocycles. The minimum absolute atomic E-state index is 0.0994. The van der Waals surface area contributed by atoms with Crippen LogP contribution in [0.4, 0.5) is 11.4 Å². The van der Waals surface area contributed by atoms with Gasteiger partial charge in [0.2, 0.25) is 0 Å². The summed E-state index contributed by atoms with van der Waals surface area (Å²) >= 11 is 1.68. The number of nitrogens with one attached hydrogen (secondary N) is 1. The molecule has 0 radical (unpaired) electrons. The first-order valence-corrected chi connectivity index (χ1v) is 17.5. The van der Waals surface area contributed by atoms with Crippen molar-refractivity contribution in [2.75, 3.05) is 50.2 Å². The van der Waals surface area contributed by atoms with Crippen molar-refractivity contribution >= 4 is 35.1 Å². The van der Waals surface area contributed by atoms with Crippen LogP contribution in [-0.4, -0.2) is 50.9 Å². The summed E-state index contributed by atoms with van der Waals surface area (Å²) in [5.41, 5.74) is 6.98. The van der Waals surface area contributed by atoms with Crippen LogP contribution in [0.5, 0.6) is 11.5 Å². The molecule has 1 aliphatic heterocycles. The number of hydrogen-bond donors (Lipinski definition) is 1. The van der Waals surface area contributed by atoms with Gasteiger partial charge in [0.05, 0.1) is 13.7 Å². The third kappa shape index (κ3) is 9.62. The van der Waals surface area contributed by atoms with E-state index in [1.165, 1.54) is 0 Å². The molecule has 2 heterocycles. The monoisotopic (exact) mass is 651 g/mol. The normalized spacial score (nSPS) is 12.6. The van der Waals surface area contributed by atoms with Crippen LogP contribution in [0.1, 0.15) is 50.7 Å². The SMILES string of the molecule is CCCCOCCOc1ccc(-c2ccc3c(c2)C=C(C(=O)Nc2ccc(SCc4cccnc4)c(OC)c2)CCN3CCC)cc1. The molecule has 1 aliphatic rings. The topological polar surface area (TPSA) is 72.9 Å². The van der Waals surface area contributed by atoms with E-state index in [-0.39, 0.29) is 5.91 Å². The Kier molecular flexibility index (Phi) is 12.8. The van der Waals surface area contributed by atoms with Gasteiger partial charge >= 0.3 is 0 Å². The molecule has 4 aromatic rings. The number of ether oxygens (including phenoxy) is 3. The lowest BCUT2D eigenvalue weighted by molar-refractivity contribution is -0.112. The average molecular weight is 652 g/mol. The second-order valence-corrected chi connectivity index (χ2v) is 12.5. The molecule has 0 unspecified atom stereocenters. The minimum Gasteiger partial charge on any atom is -0.496 e. The number of amides is 1. The third-order valence-corrected chi connectivity index (χ3v) is 9.13. The van der Waals surface area contributed by atoms with Crippen molar-refractivity contribution in [3.63, 3.8) is 0 Å². The molecule has 3 aromatic carbocycles. The number of rotatable bonds is 16.